The van der Waals surface area contributed by atoms with Crippen LogP contribution < -0.4 is 0 Å². The molecule has 0 aromatic rings. The Kier molecular flexibility index (Phi) is 6.57. The maximum atomic E-state index is 12.2. The van der Waals surface area contributed by atoms with Crippen LogP contribution in [0.2, 0.25) is 0 Å². The van der Waals surface area contributed by atoms with Crippen LogP contribution in [-0.2, 0) is 19.1 Å². The number of alkyl halides is 2. The molecule has 0 amide bonds. The highest BCUT2D eigenvalue weighted by Crippen LogP contribution is 1.96. The highest BCUT2D eigenvalue weighted by atomic mass is 19.1. The minimum atomic E-state index is -1.28. The highest BCUT2D eigenvalue weighted by Gasteiger charge is 2.14. The van der Waals surface area contributed by atoms with E-state index in [-0.39, 0.29) is 0 Å². The van der Waals surface area contributed by atoms with Crippen molar-refractivity contribution in [1.82, 2.24) is 0 Å². The number of hydrogen-bond acceptors (Lipinski definition) is 4. The van der Waals surface area contributed by atoms with Crippen molar-refractivity contribution in [3.05, 3.63) is 0 Å². The summed E-state index contributed by atoms with van der Waals surface area (Å²) in [5.74, 6) is -1.76. The molecule has 88 valence electrons. The maximum absolute atomic E-state index is 12.2. The molecule has 0 saturated carbocycles. The predicted molar refractivity (Wildman–Crippen MR) is 47.7 cm³/mol. The number of halogens is 2. The van der Waals surface area contributed by atoms with E-state index in [1.54, 1.807) is 0 Å². The fourth-order valence-electron chi connectivity index (χ4n) is 0.635. The van der Waals surface area contributed by atoms with Gasteiger partial charge in [0.25, 0.3) is 0 Å². The molecule has 0 heterocycles. The number of hydrogen-bond donors (Lipinski definition) is 0. The average molecular weight is 224 g/mol. The fourth-order valence-corrected chi connectivity index (χ4v) is 0.635. The molecule has 0 aliphatic carbocycles. The molecular formula is C9H14F2O4. The van der Waals surface area contributed by atoms with Crippen molar-refractivity contribution in [3.63, 3.8) is 0 Å². The summed E-state index contributed by atoms with van der Waals surface area (Å²) in [5, 5.41) is 0. The lowest BCUT2D eigenvalue weighted by Gasteiger charge is -2.06. The van der Waals surface area contributed by atoms with Crippen LogP contribution in [0, 0.1) is 0 Å². The van der Waals surface area contributed by atoms with Crippen LogP contribution in [0.1, 0.15) is 20.3 Å². The summed E-state index contributed by atoms with van der Waals surface area (Å²) in [6.07, 6.45) is -3.19. The minimum Gasteiger partial charge on any atom is -0.462 e. The molecule has 0 N–H and O–H groups in total. The van der Waals surface area contributed by atoms with Gasteiger partial charge in [-0.05, 0) is 13.8 Å². The van der Waals surface area contributed by atoms with E-state index in [0.29, 0.717) is 0 Å². The first-order valence-corrected chi connectivity index (χ1v) is 4.51. The van der Waals surface area contributed by atoms with E-state index < -0.39 is 43.9 Å². The molecule has 0 radical (unpaired) electrons. The second-order valence-corrected chi connectivity index (χ2v) is 3.10. The Labute approximate surface area is 86.5 Å². The van der Waals surface area contributed by atoms with Gasteiger partial charge in [0, 0.05) is 0 Å². The maximum Gasteiger partial charge on any atom is 0.317 e. The molecule has 0 unspecified atom stereocenters. The number of ether oxygens (including phenoxy) is 2. The molecule has 0 aliphatic heterocycles. The van der Waals surface area contributed by atoms with Gasteiger partial charge in [-0.15, -0.1) is 0 Å². The summed E-state index contributed by atoms with van der Waals surface area (Å²) in [4.78, 5) is 21.6. The van der Waals surface area contributed by atoms with Crippen molar-refractivity contribution in [1.29, 1.82) is 0 Å². The number of esters is 2. The molecule has 6 heteroatoms. The van der Waals surface area contributed by atoms with Gasteiger partial charge in [0.15, 0.2) is 0 Å². The molecule has 0 aromatic carbocycles. The molecule has 0 saturated heterocycles. The number of carbonyl (C=O) groups excluding carboxylic acids is 2. The second-order valence-electron chi connectivity index (χ2n) is 3.10. The van der Waals surface area contributed by atoms with Gasteiger partial charge < -0.3 is 9.47 Å². The van der Waals surface area contributed by atoms with Gasteiger partial charge in [-0.1, -0.05) is 0 Å². The van der Waals surface area contributed by atoms with Gasteiger partial charge in [-0.3, -0.25) is 9.59 Å². The van der Waals surface area contributed by atoms with Gasteiger partial charge in [0.05, 0.1) is 0 Å². The lowest BCUT2D eigenvalue weighted by molar-refractivity contribution is -0.156. The van der Waals surface area contributed by atoms with Crippen LogP contribution in [0.3, 0.4) is 0 Å². The molecule has 0 spiro atoms. The third kappa shape index (κ3) is 9.11. The minimum absolute atomic E-state index is 0.397. The van der Waals surface area contributed by atoms with Crippen LogP contribution in [-0.4, -0.2) is 37.5 Å². The Balaban J connectivity index is 3.63. The van der Waals surface area contributed by atoms with Crippen molar-refractivity contribution in [3.8, 4) is 0 Å². The van der Waals surface area contributed by atoms with Crippen LogP contribution >= 0.6 is 0 Å². The highest BCUT2D eigenvalue weighted by molar-refractivity contribution is 5.91. The van der Waals surface area contributed by atoms with Gasteiger partial charge in [-0.2, -0.15) is 0 Å². The van der Waals surface area contributed by atoms with E-state index in [9.17, 15) is 18.4 Å². The van der Waals surface area contributed by atoms with E-state index in [2.05, 4.69) is 9.47 Å². The second kappa shape index (κ2) is 7.14. The molecule has 0 aliphatic rings. The number of rotatable bonds is 6. The average Bonchev–Trinajstić information content (AvgIpc) is 2.11. The molecule has 4 nitrogen and oxygen atoms in total. The van der Waals surface area contributed by atoms with Gasteiger partial charge in [0.2, 0.25) is 0 Å². The zero-order valence-electron chi connectivity index (χ0n) is 8.66. The molecule has 15 heavy (non-hydrogen) atoms. The predicted octanol–water partition coefficient (Wildman–Crippen LogP) is 1.18. The van der Waals surface area contributed by atoms with Crippen molar-refractivity contribution < 1.29 is 27.8 Å². The summed E-state index contributed by atoms with van der Waals surface area (Å²) in [6, 6.07) is 0. The van der Waals surface area contributed by atoms with E-state index in [1.807, 2.05) is 0 Å². The Morgan fingerprint density at radius 3 is 1.60 bits per heavy atom. The third-order valence-electron chi connectivity index (χ3n) is 1.24. The molecule has 0 bridgehead atoms. The zero-order valence-corrected chi connectivity index (χ0v) is 8.66. The lowest BCUT2D eigenvalue weighted by atomic mass is 10.4. The normalized spacial score (nSPS) is 14.1. The summed E-state index contributed by atoms with van der Waals surface area (Å²) in [7, 11) is 0. The summed E-state index contributed by atoms with van der Waals surface area (Å²) < 4.78 is 33.2. The van der Waals surface area contributed by atoms with Crippen LogP contribution in [0.4, 0.5) is 8.78 Å². The lowest BCUT2D eigenvalue weighted by Crippen LogP contribution is -2.19. The van der Waals surface area contributed by atoms with Crippen LogP contribution in [0.15, 0.2) is 0 Å². The Bertz CT molecular complexity index is 194. The van der Waals surface area contributed by atoms with Gasteiger partial charge >= 0.3 is 11.9 Å². The van der Waals surface area contributed by atoms with E-state index >= 15 is 0 Å². The smallest absolute Gasteiger partial charge is 0.317 e. The first-order chi connectivity index (χ1) is 6.91. The summed E-state index contributed by atoms with van der Waals surface area (Å²) >= 11 is 0. The molecule has 0 fully saturated rings. The zero-order chi connectivity index (χ0) is 11.8. The van der Waals surface area contributed by atoms with E-state index in [4.69, 9.17) is 0 Å². The topological polar surface area (TPSA) is 52.6 Å². The third-order valence-corrected chi connectivity index (χ3v) is 1.24. The molecule has 2 atom stereocenters. The first-order valence-electron chi connectivity index (χ1n) is 4.51. The first kappa shape index (κ1) is 13.8. The van der Waals surface area contributed by atoms with Crippen molar-refractivity contribution >= 4 is 11.9 Å². The van der Waals surface area contributed by atoms with E-state index in [0.717, 1.165) is 0 Å². The Morgan fingerprint density at radius 1 is 1.00 bits per heavy atom. The SMILES string of the molecule is C[C@@H](F)COC(=O)CC(=O)OC[C@@H](C)F. The monoisotopic (exact) mass is 224 g/mol. The molecule has 0 rings (SSSR count). The van der Waals surface area contributed by atoms with Gasteiger partial charge in [-0.25, -0.2) is 8.78 Å². The van der Waals surface area contributed by atoms with E-state index in [1.165, 1.54) is 13.8 Å². The Morgan fingerprint density at radius 2 is 1.33 bits per heavy atom. The number of carbonyl (C=O) groups is 2. The fraction of sp³-hybridized carbons (Fsp3) is 0.778. The van der Waals surface area contributed by atoms with Crippen LogP contribution in [0.5, 0.6) is 0 Å². The largest absolute Gasteiger partial charge is 0.462 e. The molecular weight excluding hydrogens is 210 g/mol. The molecule has 0 aromatic heterocycles. The van der Waals surface area contributed by atoms with Crippen LogP contribution in [0.25, 0.3) is 0 Å². The summed E-state index contributed by atoms with van der Waals surface area (Å²) in [5.41, 5.74) is 0. The van der Waals surface area contributed by atoms with Crippen molar-refractivity contribution in [2.45, 2.75) is 32.6 Å². The summed E-state index contributed by atoms with van der Waals surface area (Å²) in [6.45, 7) is 1.64. The standard InChI is InChI=1S/C9H14F2O4/c1-6(10)4-14-8(12)3-9(13)15-5-7(2)11/h6-7H,3-5H2,1-2H3/t6-,7-/m1/s1. The van der Waals surface area contributed by atoms with Crippen molar-refractivity contribution in [2.75, 3.05) is 13.2 Å². The Hall–Kier alpha value is -1.20. The quantitative estimate of drug-likeness (QED) is 0.502. The van der Waals surface area contributed by atoms with Crippen molar-refractivity contribution in [2.24, 2.45) is 0 Å². The van der Waals surface area contributed by atoms with Gasteiger partial charge in [0.1, 0.15) is 32.0 Å².